The second kappa shape index (κ2) is 6.33. The van der Waals surface area contributed by atoms with E-state index in [1.165, 1.54) is 23.1 Å². The topological polar surface area (TPSA) is 66.4 Å². The highest BCUT2D eigenvalue weighted by Crippen LogP contribution is 2.25. The van der Waals surface area contributed by atoms with Gasteiger partial charge in [-0.3, -0.25) is 9.59 Å². The zero-order valence-corrected chi connectivity index (χ0v) is 12.5. The van der Waals surface area contributed by atoms with Crippen LogP contribution in [0.4, 0.5) is 0 Å². The minimum absolute atomic E-state index is 0.0726. The number of nitrogens with zero attached hydrogens (tertiary/aromatic N) is 4. The fourth-order valence-corrected chi connectivity index (χ4v) is 3.62. The van der Waals surface area contributed by atoms with Gasteiger partial charge in [-0.2, -0.15) is 0 Å². The van der Waals surface area contributed by atoms with Crippen molar-refractivity contribution in [2.24, 2.45) is 0 Å². The van der Waals surface area contributed by atoms with Crippen LogP contribution in [0.25, 0.3) is 0 Å². The Bertz CT molecular complexity index is 444. The summed E-state index contributed by atoms with van der Waals surface area (Å²) in [5.41, 5.74) is 1.66. The predicted octanol–water partition coefficient (Wildman–Crippen LogP) is 0.709. The number of aromatic nitrogens is 2. The van der Waals surface area contributed by atoms with Gasteiger partial charge >= 0.3 is 0 Å². The largest absolute Gasteiger partial charge is 0.339 e. The van der Waals surface area contributed by atoms with Gasteiger partial charge in [0.2, 0.25) is 11.8 Å². The molecule has 1 aliphatic rings. The number of thioether (sulfide) groups is 1. The zero-order valence-electron chi connectivity index (χ0n) is 10.9. The summed E-state index contributed by atoms with van der Waals surface area (Å²) in [7, 11) is 0. The van der Waals surface area contributed by atoms with Gasteiger partial charge in [-0.1, -0.05) is 23.1 Å². The number of amides is 2. The first kappa shape index (κ1) is 14.3. The van der Waals surface area contributed by atoms with Crippen molar-refractivity contribution in [3.63, 3.8) is 0 Å². The number of hydrogen-bond donors (Lipinski definition) is 0. The van der Waals surface area contributed by atoms with E-state index in [0.717, 1.165) is 4.34 Å². The van der Waals surface area contributed by atoms with Crippen LogP contribution in [0.1, 0.15) is 13.8 Å². The molecule has 6 nitrogen and oxygen atoms in total. The average Bonchev–Trinajstić information content (AvgIpc) is 2.90. The molecule has 8 heteroatoms. The molecule has 0 bridgehead atoms. The quantitative estimate of drug-likeness (QED) is 0.769. The summed E-state index contributed by atoms with van der Waals surface area (Å²) < 4.78 is 0.809. The first-order valence-corrected chi connectivity index (χ1v) is 7.81. The van der Waals surface area contributed by atoms with Crippen LogP contribution in [0.2, 0.25) is 0 Å². The molecule has 2 amide bonds. The normalized spacial score (nSPS) is 17.4. The molecule has 2 rings (SSSR count). The lowest BCUT2D eigenvalue weighted by Gasteiger charge is -2.35. The summed E-state index contributed by atoms with van der Waals surface area (Å²) in [4.78, 5) is 27.1. The molecule has 1 aliphatic heterocycles. The molecule has 0 radical (unpaired) electrons. The zero-order chi connectivity index (χ0) is 13.8. The van der Waals surface area contributed by atoms with Crippen molar-refractivity contribution in [1.29, 1.82) is 0 Å². The third kappa shape index (κ3) is 3.66. The Morgan fingerprint density at radius 3 is 2.47 bits per heavy atom. The lowest BCUT2D eigenvalue weighted by molar-refractivity contribution is -0.137. The Morgan fingerprint density at radius 1 is 1.32 bits per heavy atom. The second-order valence-electron chi connectivity index (χ2n) is 4.30. The number of hydrogen-bond acceptors (Lipinski definition) is 6. The number of carbonyl (C=O) groups excluding carboxylic acids is 2. The van der Waals surface area contributed by atoms with Crippen molar-refractivity contribution in [2.75, 3.05) is 26.2 Å². The molecule has 104 valence electrons. The highest BCUT2D eigenvalue weighted by Gasteiger charge is 2.26. The average molecular weight is 300 g/mol. The van der Waals surface area contributed by atoms with Gasteiger partial charge in [-0.05, 0) is 6.92 Å². The van der Waals surface area contributed by atoms with E-state index in [0.29, 0.717) is 26.2 Å². The maximum Gasteiger partial charge on any atom is 0.235 e. The van der Waals surface area contributed by atoms with Crippen LogP contribution in [0, 0.1) is 0 Å². The molecule has 19 heavy (non-hydrogen) atoms. The van der Waals surface area contributed by atoms with E-state index in [1.807, 2.05) is 11.8 Å². The van der Waals surface area contributed by atoms with Crippen LogP contribution in [-0.2, 0) is 9.59 Å². The van der Waals surface area contributed by atoms with Crippen LogP contribution in [0.15, 0.2) is 9.85 Å². The Kier molecular flexibility index (Phi) is 4.76. The fourth-order valence-electron chi connectivity index (χ4n) is 1.91. The lowest BCUT2D eigenvalue weighted by atomic mass is 10.3. The summed E-state index contributed by atoms with van der Waals surface area (Å²) >= 11 is 2.87. The maximum atomic E-state index is 12.3. The van der Waals surface area contributed by atoms with Crippen LogP contribution in [0.3, 0.4) is 0 Å². The molecule has 1 aromatic rings. The summed E-state index contributed by atoms with van der Waals surface area (Å²) in [5.74, 6) is 0.173. The molecule has 0 aromatic carbocycles. The molecule has 0 spiro atoms. The second-order valence-corrected chi connectivity index (χ2v) is 6.72. The Hall–Kier alpha value is -1.15. The monoisotopic (exact) mass is 300 g/mol. The lowest BCUT2D eigenvalue weighted by Crippen LogP contribution is -2.51. The van der Waals surface area contributed by atoms with E-state index in [4.69, 9.17) is 0 Å². The first-order chi connectivity index (χ1) is 9.08. The van der Waals surface area contributed by atoms with Gasteiger partial charge in [-0.15, -0.1) is 10.2 Å². The molecule has 0 N–H and O–H groups in total. The van der Waals surface area contributed by atoms with Crippen molar-refractivity contribution in [3.05, 3.63) is 5.51 Å². The minimum atomic E-state index is -0.170. The van der Waals surface area contributed by atoms with Gasteiger partial charge in [0, 0.05) is 33.1 Å². The van der Waals surface area contributed by atoms with Gasteiger partial charge in [0.25, 0.3) is 0 Å². The molecule has 1 fully saturated rings. The van der Waals surface area contributed by atoms with Gasteiger partial charge in [0.1, 0.15) is 5.51 Å². The summed E-state index contributed by atoms with van der Waals surface area (Å²) in [6, 6.07) is 0. The van der Waals surface area contributed by atoms with Crippen LogP contribution < -0.4 is 0 Å². The first-order valence-electron chi connectivity index (χ1n) is 6.05. The molecule has 1 unspecified atom stereocenters. The summed E-state index contributed by atoms with van der Waals surface area (Å²) in [6.45, 7) is 5.91. The molecular formula is C11H16N4O2S2. The van der Waals surface area contributed by atoms with Crippen LogP contribution in [0.5, 0.6) is 0 Å². The van der Waals surface area contributed by atoms with E-state index >= 15 is 0 Å². The van der Waals surface area contributed by atoms with E-state index in [1.54, 1.807) is 17.3 Å². The van der Waals surface area contributed by atoms with E-state index in [9.17, 15) is 9.59 Å². The Labute approximate surface area is 120 Å². The van der Waals surface area contributed by atoms with Crippen molar-refractivity contribution in [2.45, 2.75) is 23.4 Å². The molecule has 1 aromatic heterocycles. The van der Waals surface area contributed by atoms with E-state index in [-0.39, 0.29) is 17.1 Å². The van der Waals surface area contributed by atoms with Crippen molar-refractivity contribution >= 4 is 34.9 Å². The Balaban J connectivity index is 1.85. The number of piperazine rings is 1. The van der Waals surface area contributed by atoms with Gasteiger partial charge in [0.15, 0.2) is 4.34 Å². The third-order valence-electron chi connectivity index (χ3n) is 3.00. The molecule has 0 aliphatic carbocycles. The van der Waals surface area contributed by atoms with Gasteiger partial charge < -0.3 is 9.80 Å². The molecule has 1 saturated heterocycles. The maximum absolute atomic E-state index is 12.3. The predicted molar refractivity (Wildman–Crippen MR) is 74.1 cm³/mol. The molecule has 2 heterocycles. The number of carbonyl (C=O) groups is 2. The standard InChI is InChI=1S/C11H16N4O2S2/c1-8(19-11-13-12-7-18-11)10(17)15-5-3-14(4-6-15)9(2)16/h7-8H,3-6H2,1-2H3. The minimum Gasteiger partial charge on any atom is -0.339 e. The van der Waals surface area contributed by atoms with Gasteiger partial charge in [0.05, 0.1) is 5.25 Å². The summed E-state index contributed by atoms with van der Waals surface area (Å²) in [5, 5.41) is 7.51. The van der Waals surface area contributed by atoms with Crippen LogP contribution in [-0.4, -0.2) is 63.2 Å². The smallest absolute Gasteiger partial charge is 0.235 e. The SMILES string of the molecule is CC(=O)N1CCN(C(=O)C(C)Sc2nncs2)CC1. The highest BCUT2D eigenvalue weighted by molar-refractivity contribution is 8.02. The van der Waals surface area contributed by atoms with Crippen LogP contribution >= 0.6 is 23.1 Å². The fraction of sp³-hybridized carbons (Fsp3) is 0.636. The highest BCUT2D eigenvalue weighted by atomic mass is 32.2. The van der Waals surface area contributed by atoms with Crippen molar-refractivity contribution in [3.8, 4) is 0 Å². The molecule has 0 saturated carbocycles. The molecule has 1 atom stereocenters. The van der Waals surface area contributed by atoms with E-state index in [2.05, 4.69) is 10.2 Å². The number of rotatable bonds is 3. The Morgan fingerprint density at radius 2 is 1.95 bits per heavy atom. The van der Waals surface area contributed by atoms with E-state index < -0.39 is 0 Å². The van der Waals surface area contributed by atoms with Gasteiger partial charge in [-0.25, -0.2) is 0 Å². The summed E-state index contributed by atoms with van der Waals surface area (Å²) in [6.07, 6.45) is 0. The van der Waals surface area contributed by atoms with Crippen molar-refractivity contribution < 1.29 is 9.59 Å². The molecular weight excluding hydrogens is 284 g/mol. The van der Waals surface area contributed by atoms with Crippen molar-refractivity contribution in [1.82, 2.24) is 20.0 Å². The third-order valence-corrected chi connectivity index (χ3v) is 4.90.